The van der Waals surface area contributed by atoms with E-state index in [1.807, 2.05) is 16.8 Å². The van der Waals surface area contributed by atoms with Gasteiger partial charge in [-0.25, -0.2) is 4.68 Å². The van der Waals surface area contributed by atoms with Crippen LogP contribution in [0.4, 0.5) is 0 Å². The smallest absolute Gasteiger partial charge is 0.266 e. The van der Waals surface area contributed by atoms with Gasteiger partial charge in [0.15, 0.2) is 0 Å². The molecule has 0 fully saturated rings. The minimum Gasteiger partial charge on any atom is -0.266 e. The average Bonchev–Trinajstić information content (AvgIpc) is 2.72. The van der Waals surface area contributed by atoms with Gasteiger partial charge in [-0.05, 0) is 22.4 Å². The molecule has 2 aromatic heterocycles. The van der Waals surface area contributed by atoms with E-state index in [-0.39, 0.29) is 15.6 Å². The molecule has 0 atom stereocenters. The van der Waals surface area contributed by atoms with Crippen molar-refractivity contribution >= 4 is 34.5 Å². The number of rotatable bonds is 2. The Hall–Kier alpha value is -0.840. The van der Waals surface area contributed by atoms with Crippen molar-refractivity contribution in [1.82, 2.24) is 9.78 Å². The summed E-state index contributed by atoms with van der Waals surface area (Å²) in [5, 5.41) is 8.00. The number of hydrogen-bond acceptors (Lipinski definition) is 3. The Kier molecular flexibility index (Phi) is 3.09. The van der Waals surface area contributed by atoms with Crippen molar-refractivity contribution in [1.29, 1.82) is 0 Å². The van der Waals surface area contributed by atoms with E-state index >= 15 is 0 Å². The second-order valence-corrected chi connectivity index (χ2v) is 4.47. The Bertz CT molecular complexity index is 521. The molecule has 0 aliphatic heterocycles. The van der Waals surface area contributed by atoms with Crippen LogP contribution in [-0.4, -0.2) is 9.78 Å². The number of halogens is 2. The molecular weight excluding hydrogens is 255 g/mol. The van der Waals surface area contributed by atoms with Crippen LogP contribution in [0.2, 0.25) is 10.0 Å². The molecule has 78 valence electrons. The highest BCUT2D eigenvalue weighted by atomic mass is 35.5. The van der Waals surface area contributed by atoms with Gasteiger partial charge in [-0.2, -0.15) is 16.4 Å². The van der Waals surface area contributed by atoms with Gasteiger partial charge in [-0.15, -0.1) is 0 Å². The van der Waals surface area contributed by atoms with Crippen molar-refractivity contribution in [2.24, 2.45) is 0 Å². The fraction of sp³-hybridized carbons (Fsp3) is 0.111. The van der Waals surface area contributed by atoms with Crippen LogP contribution in [0.15, 0.2) is 27.8 Å². The molecule has 6 heteroatoms. The third-order valence-corrected chi connectivity index (χ3v) is 3.34. The molecule has 0 aliphatic rings. The molecule has 0 aliphatic carbocycles. The van der Waals surface area contributed by atoms with E-state index in [9.17, 15) is 4.79 Å². The zero-order chi connectivity index (χ0) is 10.8. The maximum absolute atomic E-state index is 11.6. The fourth-order valence-corrected chi connectivity index (χ4v) is 2.04. The van der Waals surface area contributed by atoms with Crippen molar-refractivity contribution in [3.8, 4) is 0 Å². The largest absolute Gasteiger partial charge is 0.287 e. The Labute approximate surface area is 99.9 Å². The van der Waals surface area contributed by atoms with Crippen molar-refractivity contribution in [2.45, 2.75) is 6.54 Å². The van der Waals surface area contributed by atoms with Crippen LogP contribution in [0.1, 0.15) is 5.56 Å². The quantitative estimate of drug-likeness (QED) is 0.833. The molecule has 3 nitrogen and oxygen atoms in total. The summed E-state index contributed by atoms with van der Waals surface area (Å²) in [6.45, 7) is 0.416. The fourth-order valence-electron chi connectivity index (χ4n) is 1.11. The molecule has 0 saturated heterocycles. The third kappa shape index (κ3) is 2.22. The first kappa shape index (κ1) is 10.7. The lowest BCUT2D eigenvalue weighted by atomic mass is 10.3. The summed E-state index contributed by atoms with van der Waals surface area (Å²) in [5.41, 5.74) is 0.656. The number of aromatic nitrogens is 2. The van der Waals surface area contributed by atoms with Gasteiger partial charge in [0.2, 0.25) is 0 Å². The lowest BCUT2D eigenvalue weighted by Crippen LogP contribution is -2.23. The SMILES string of the molecule is O=c1c(Cl)c(Cl)cnn1Cc1ccsc1. The molecule has 2 aromatic rings. The molecule has 0 radical (unpaired) electrons. The van der Waals surface area contributed by atoms with E-state index in [0.717, 1.165) is 5.56 Å². The Balaban J connectivity index is 2.38. The highest BCUT2D eigenvalue weighted by Gasteiger charge is 2.07. The molecule has 0 saturated carbocycles. The second-order valence-electron chi connectivity index (χ2n) is 2.90. The summed E-state index contributed by atoms with van der Waals surface area (Å²) >= 11 is 13.0. The molecule has 0 bridgehead atoms. The summed E-state index contributed by atoms with van der Waals surface area (Å²) in [4.78, 5) is 11.6. The Morgan fingerprint density at radius 1 is 1.47 bits per heavy atom. The van der Waals surface area contributed by atoms with E-state index in [2.05, 4.69) is 5.10 Å². The highest BCUT2D eigenvalue weighted by Crippen LogP contribution is 2.15. The third-order valence-electron chi connectivity index (χ3n) is 1.85. The van der Waals surface area contributed by atoms with Gasteiger partial charge < -0.3 is 0 Å². The number of nitrogens with zero attached hydrogens (tertiary/aromatic N) is 2. The molecule has 15 heavy (non-hydrogen) atoms. The van der Waals surface area contributed by atoms with E-state index in [0.29, 0.717) is 6.54 Å². The first-order valence-electron chi connectivity index (χ1n) is 4.10. The van der Waals surface area contributed by atoms with Gasteiger partial charge in [0, 0.05) is 0 Å². The molecule has 2 heterocycles. The van der Waals surface area contributed by atoms with Crippen molar-refractivity contribution in [3.05, 3.63) is 49.0 Å². The maximum atomic E-state index is 11.6. The number of thiophene rings is 1. The first-order chi connectivity index (χ1) is 7.18. The van der Waals surface area contributed by atoms with Gasteiger partial charge in [0.1, 0.15) is 5.02 Å². The van der Waals surface area contributed by atoms with Crippen LogP contribution in [0.3, 0.4) is 0 Å². The van der Waals surface area contributed by atoms with Gasteiger partial charge in [-0.1, -0.05) is 23.2 Å². The van der Waals surface area contributed by atoms with E-state index < -0.39 is 0 Å². The molecule has 0 N–H and O–H groups in total. The van der Waals surface area contributed by atoms with Gasteiger partial charge >= 0.3 is 0 Å². The van der Waals surface area contributed by atoms with Crippen LogP contribution >= 0.6 is 34.5 Å². The van der Waals surface area contributed by atoms with Crippen molar-refractivity contribution in [3.63, 3.8) is 0 Å². The van der Waals surface area contributed by atoms with Gasteiger partial charge in [0.25, 0.3) is 5.56 Å². The highest BCUT2D eigenvalue weighted by molar-refractivity contribution is 7.07. The minimum atomic E-state index is -0.365. The second kappa shape index (κ2) is 4.35. The van der Waals surface area contributed by atoms with E-state index in [1.165, 1.54) is 10.9 Å². The lowest BCUT2D eigenvalue weighted by Gasteiger charge is -2.03. The predicted octanol–water partition coefficient (Wildman–Crippen LogP) is 2.66. The molecule has 0 aromatic carbocycles. The molecule has 0 unspecified atom stereocenters. The predicted molar refractivity (Wildman–Crippen MR) is 61.9 cm³/mol. The minimum absolute atomic E-state index is 0.0156. The number of hydrogen-bond donors (Lipinski definition) is 0. The Morgan fingerprint density at radius 3 is 2.93 bits per heavy atom. The molecule has 0 amide bonds. The van der Waals surface area contributed by atoms with Crippen molar-refractivity contribution in [2.75, 3.05) is 0 Å². The molecule has 2 rings (SSSR count). The average molecular weight is 261 g/mol. The van der Waals surface area contributed by atoms with Crippen LogP contribution in [0.5, 0.6) is 0 Å². The zero-order valence-corrected chi connectivity index (χ0v) is 9.81. The zero-order valence-electron chi connectivity index (χ0n) is 7.48. The van der Waals surface area contributed by atoms with Crippen LogP contribution < -0.4 is 5.56 Å². The standard InChI is InChI=1S/C9H6Cl2N2OS/c10-7-3-12-13(9(14)8(7)11)4-6-1-2-15-5-6/h1-3,5H,4H2. The maximum Gasteiger partial charge on any atom is 0.287 e. The molecule has 0 spiro atoms. The van der Waals surface area contributed by atoms with Gasteiger partial charge in [0.05, 0.1) is 17.8 Å². The summed E-state index contributed by atoms with van der Waals surface area (Å²) in [7, 11) is 0. The van der Waals surface area contributed by atoms with Crippen molar-refractivity contribution < 1.29 is 0 Å². The first-order valence-corrected chi connectivity index (χ1v) is 5.80. The summed E-state index contributed by atoms with van der Waals surface area (Å²) in [6.07, 6.45) is 1.37. The summed E-state index contributed by atoms with van der Waals surface area (Å²) in [6, 6.07) is 1.93. The van der Waals surface area contributed by atoms with Crippen LogP contribution in [0.25, 0.3) is 0 Å². The van der Waals surface area contributed by atoms with Crippen LogP contribution in [0, 0.1) is 0 Å². The normalized spacial score (nSPS) is 10.5. The topological polar surface area (TPSA) is 34.9 Å². The summed E-state index contributed by atoms with van der Waals surface area (Å²) in [5.74, 6) is 0. The molecular formula is C9H6Cl2N2OS. The van der Waals surface area contributed by atoms with E-state index in [1.54, 1.807) is 11.3 Å². The lowest BCUT2D eigenvalue weighted by molar-refractivity contribution is 0.640. The monoisotopic (exact) mass is 260 g/mol. The summed E-state index contributed by atoms with van der Waals surface area (Å²) < 4.78 is 1.29. The van der Waals surface area contributed by atoms with Gasteiger partial charge in [-0.3, -0.25) is 4.79 Å². The Morgan fingerprint density at radius 2 is 2.27 bits per heavy atom. The van der Waals surface area contributed by atoms with Crippen LogP contribution in [-0.2, 0) is 6.54 Å². The van der Waals surface area contributed by atoms with E-state index in [4.69, 9.17) is 23.2 Å².